The number of carbonyl (C=O) groups is 1. The zero-order chi connectivity index (χ0) is 14.2. The molecule has 0 aromatic carbocycles. The van der Waals surface area contributed by atoms with Crippen LogP contribution in [0.2, 0.25) is 0 Å². The van der Waals surface area contributed by atoms with E-state index in [9.17, 15) is 4.79 Å². The Hall–Kier alpha value is -1.40. The fourth-order valence-corrected chi connectivity index (χ4v) is 2.88. The number of carbonyl (C=O) groups excluding carboxylic acids is 1. The number of primary amides is 1. The Morgan fingerprint density at radius 1 is 1.58 bits per heavy atom. The predicted molar refractivity (Wildman–Crippen MR) is 73.1 cm³/mol. The monoisotopic (exact) mass is 265 g/mol. The molecular weight excluding hydrogens is 242 g/mol. The average molecular weight is 265 g/mol. The van der Waals surface area contributed by atoms with Crippen LogP contribution in [-0.2, 0) is 11.8 Å². The summed E-state index contributed by atoms with van der Waals surface area (Å²) >= 11 is 0. The van der Waals surface area contributed by atoms with E-state index in [2.05, 4.69) is 10.00 Å². The molecule has 0 aliphatic carbocycles. The predicted octanol–water partition coefficient (Wildman–Crippen LogP) is 0.00570. The van der Waals surface area contributed by atoms with Gasteiger partial charge in [-0.05, 0) is 26.8 Å². The van der Waals surface area contributed by atoms with Crippen LogP contribution in [-0.4, -0.2) is 39.7 Å². The van der Waals surface area contributed by atoms with E-state index in [1.165, 1.54) is 0 Å². The molecule has 4 N–H and O–H groups in total. The lowest BCUT2D eigenvalue weighted by Crippen LogP contribution is -2.42. The van der Waals surface area contributed by atoms with Gasteiger partial charge in [-0.25, -0.2) is 0 Å². The van der Waals surface area contributed by atoms with Gasteiger partial charge < -0.3 is 11.5 Å². The maximum absolute atomic E-state index is 11.5. The average Bonchev–Trinajstić information content (AvgIpc) is 2.87. The van der Waals surface area contributed by atoms with Gasteiger partial charge in [0.15, 0.2) is 0 Å². The molecule has 2 rings (SSSR count). The summed E-state index contributed by atoms with van der Waals surface area (Å²) in [5.41, 5.74) is 12.3. The van der Waals surface area contributed by atoms with Gasteiger partial charge in [-0.3, -0.25) is 14.4 Å². The van der Waals surface area contributed by atoms with Crippen molar-refractivity contribution in [2.45, 2.75) is 32.4 Å². The molecule has 6 heteroatoms. The first-order valence-electron chi connectivity index (χ1n) is 6.61. The molecule has 0 saturated carbocycles. The molecule has 1 aliphatic rings. The van der Waals surface area contributed by atoms with Gasteiger partial charge in [0.2, 0.25) is 5.91 Å². The smallest absolute Gasteiger partial charge is 0.224 e. The van der Waals surface area contributed by atoms with Crippen LogP contribution >= 0.6 is 0 Å². The number of aryl methyl sites for hydroxylation is 1. The summed E-state index contributed by atoms with van der Waals surface area (Å²) in [6.07, 6.45) is 4.60. The summed E-state index contributed by atoms with van der Waals surface area (Å²) < 4.78 is 1.77. The molecule has 1 fully saturated rings. The fraction of sp³-hybridized carbons (Fsp3) is 0.692. The van der Waals surface area contributed by atoms with E-state index in [-0.39, 0.29) is 18.0 Å². The van der Waals surface area contributed by atoms with Crippen LogP contribution in [0.25, 0.3) is 0 Å². The highest BCUT2D eigenvalue weighted by Gasteiger charge is 2.42. The number of aromatic nitrogens is 2. The minimum atomic E-state index is -0.449. The third kappa shape index (κ3) is 2.64. The van der Waals surface area contributed by atoms with Crippen molar-refractivity contribution in [1.29, 1.82) is 0 Å². The first-order valence-corrected chi connectivity index (χ1v) is 6.61. The van der Waals surface area contributed by atoms with Crippen molar-refractivity contribution in [3.63, 3.8) is 0 Å². The normalized spacial score (nSPS) is 27.4. The first kappa shape index (κ1) is 14.0. The highest BCUT2D eigenvalue weighted by Crippen LogP contribution is 2.36. The SMILES string of the molecule is CC(N)C(c1cnn(C)c1)N1CCC(C)(C(N)=O)C1. The number of amides is 1. The molecule has 3 unspecified atom stereocenters. The van der Waals surface area contributed by atoms with Gasteiger partial charge in [0.05, 0.1) is 17.7 Å². The van der Waals surface area contributed by atoms with E-state index < -0.39 is 5.41 Å². The molecule has 1 aromatic rings. The molecule has 0 spiro atoms. The third-order valence-electron chi connectivity index (χ3n) is 4.06. The molecule has 6 nitrogen and oxygen atoms in total. The van der Waals surface area contributed by atoms with Gasteiger partial charge in [-0.2, -0.15) is 5.10 Å². The van der Waals surface area contributed by atoms with E-state index in [0.29, 0.717) is 6.54 Å². The molecule has 0 radical (unpaired) electrons. The Balaban J connectivity index is 2.21. The highest BCUT2D eigenvalue weighted by atomic mass is 16.1. The molecule has 19 heavy (non-hydrogen) atoms. The van der Waals surface area contributed by atoms with Gasteiger partial charge in [0.1, 0.15) is 0 Å². The van der Waals surface area contributed by atoms with Crippen LogP contribution in [0.4, 0.5) is 0 Å². The molecular formula is C13H23N5O. The number of rotatable bonds is 4. The van der Waals surface area contributed by atoms with Crippen LogP contribution in [0.15, 0.2) is 12.4 Å². The molecule has 2 heterocycles. The van der Waals surface area contributed by atoms with Crippen molar-refractivity contribution in [3.8, 4) is 0 Å². The number of hydrogen-bond acceptors (Lipinski definition) is 4. The largest absolute Gasteiger partial charge is 0.369 e. The second-order valence-corrected chi connectivity index (χ2v) is 5.90. The first-order chi connectivity index (χ1) is 8.83. The lowest BCUT2D eigenvalue weighted by Gasteiger charge is -2.31. The van der Waals surface area contributed by atoms with Crippen LogP contribution in [0.1, 0.15) is 31.9 Å². The second-order valence-electron chi connectivity index (χ2n) is 5.90. The van der Waals surface area contributed by atoms with Crippen molar-refractivity contribution >= 4 is 5.91 Å². The van der Waals surface area contributed by atoms with Crippen molar-refractivity contribution in [2.24, 2.45) is 23.9 Å². The van der Waals surface area contributed by atoms with Crippen LogP contribution in [0.5, 0.6) is 0 Å². The summed E-state index contributed by atoms with van der Waals surface area (Å²) in [5, 5.41) is 4.21. The molecule has 0 bridgehead atoms. The molecule has 3 atom stereocenters. The van der Waals surface area contributed by atoms with Gasteiger partial charge in [-0.1, -0.05) is 0 Å². The highest BCUT2D eigenvalue weighted by molar-refractivity contribution is 5.81. The maximum Gasteiger partial charge on any atom is 0.224 e. The standard InChI is InChI=1S/C13H23N5O/c1-9(14)11(10-6-16-17(3)7-10)18-5-4-13(2,8-18)12(15)19/h6-7,9,11H,4-5,8,14H2,1-3H3,(H2,15,19). The lowest BCUT2D eigenvalue weighted by atomic mass is 9.89. The molecule has 1 amide bonds. The number of hydrogen-bond donors (Lipinski definition) is 2. The Kier molecular flexibility index (Phi) is 3.64. The molecule has 1 saturated heterocycles. The van der Waals surface area contributed by atoms with Crippen molar-refractivity contribution in [3.05, 3.63) is 18.0 Å². The van der Waals surface area contributed by atoms with Crippen LogP contribution < -0.4 is 11.5 Å². The summed E-state index contributed by atoms with van der Waals surface area (Å²) in [5.74, 6) is -0.232. The second kappa shape index (κ2) is 4.94. The fourth-order valence-electron chi connectivity index (χ4n) is 2.88. The van der Waals surface area contributed by atoms with E-state index in [4.69, 9.17) is 11.5 Å². The number of nitrogens with zero attached hydrogens (tertiary/aromatic N) is 3. The molecule has 106 valence electrons. The molecule has 1 aromatic heterocycles. The van der Waals surface area contributed by atoms with Gasteiger partial charge in [0.25, 0.3) is 0 Å². The zero-order valence-corrected chi connectivity index (χ0v) is 11.8. The Morgan fingerprint density at radius 3 is 2.68 bits per heavy atom. The number of likely N-dealkylation sites (tertiary alicyclic amines) is 1. The van der Waals surface area contributed by atoms with Gasteiger partial charge in [0, 0.05) is 31.4 Å². The summed E-state index contributed by atoms with van der Waals surface area (Å²) in [7, 11) is 1.89. The minimum Gasteiger partial charge on any atom is -0.369 e. The van der Waals surface area contributed by atoms with Gasteiger partial charge in [-0.15, -0.1) is 0 Å². The van der Waals surface area contributed by atoms with Crippen LogP contribution in [0.3, 0.4) is 0 Å². The van der Waals surface area contributed by atoms with Crippen molar-refractivity contribution in [1.82, 2.24) is 14.7 Å². The van der Waals surface area contributed by atoms with Crippen molar-refractivity contribution in [2.75, 3.05) is 13.1 Å². The maximum atomic E-state index is 11.5. The van der Waals surface area contributed by atoms with Crippen molar-refractivity contribution < 1.29 is 4.79 Å². The van der Waals surface area contributed by atoms with Crippen LogP contribution in [0, 0.1) is 5.41 Å². The third-order valence-corrected chi connectivity index (χ3v) is 4.06. The molecule has 1 aliphatic heterocycles. The Bertz CT molecular complexity index is 469. The summed E-state index contributed by atoms with van der Waals surface area (Å²) in [6, 6.07) is 0.0503. The minimum absolute atomic E-state index is 0.0283. The summed E-state index contributed by atoms with van der Waals surface area (Å²) in [4.78, 5) is 13.8. The summed E-state index contributed by atoms with van der Waals surface area (Å²) in [6.45, 7) is 5.40. The van der Waals surface area contributed by atoms with E-state index in [1.807, 2.05) is 33.3 Å². The van der Waals surface area contributed by atoms with E-state index >= 15 is 0 Å². The van der Waals surface area contributed by atoms with Gasteiger partial charge >= 0.3 is 0 Å². The lowest BCUT2D eigenvalue weighted by molar-refractivity contribution is -0.126. The zero-order valence-electron chi connectivity index (χ0n) is 11.8. The topological polar surface area (TPSA) is 90.2 Å². The van der Waals surface area contributed by atoms with E-state index in [0.717, 1.165) is 18.5 Å². The number of nitrogens with two attached hydrogens (primary N) is 2. The van der Waals surface area contributed by atoms with E-state index in [1.54, 1.807) is 4.68 Å². The quantitative estimate of drug-likeness (QED) is 0.802. The Morgan fingerprint density at radius 2 is 2.26 bits per heavy atom. The Labute approximate surface area is 113 Å².